The van der Waals surface area contributed by atoms with E-state index in [-0.39, 0.29) is 11.7 Å². The van der Waals surface area contributed by atoms with E-state index >= 15 is 0 Å². The number of ether oxygens (including phenoxy) is 2. The van der Waals surface area contributed by atoms with Crippen LogP contribution in [0.5, 0.6) is 5.75 Å². The molecule has 0 radical (unpaired) electrons. The third-order valence-electron chi connectivity index (χ3n) is 7.18. The van der Waals surface area contributed by atoms with E-state index in [1.807, 2.05) is 0 Å². The zero-order chi connectivity index (χ0) is 27.6. The first-order valence-electron chi connectivity index (χ1n) is 13.3. The van der Waals surface area contributed by atoms with Crippen LogP contribution in [-0.4, -0.2) is 73.8 Å². The number of aromatic nitrogens is 2. The van der Waals surface area contributed by atoms with Crippen molar-refractivity contribution in [2.75, 3.05) is 57.9 Å². The highest BCUT2D eigenvalue weighted by molar-refractivity contribution is 7.18. The third kappa shape index (κ3) is 5.10. The first-order chi connectivity index (χ1) is 19.6. The molecule has 1 saturated heterocycles. The van der Waals surface area contributed by atoms with Crippen molar-refractivity contribution in [2.24, 2.45) is 0 Å². The van der Waals surface area contributed by atoms with Gasteiger partial charge < -0.3 is 24.6 Å². The molecule has 1 aromatic carbocycles. The van der Waals surface area contributed by atoms with Gasteiger partial charge in [-0.05, 0) is 29.7 Å². The lowest BCUT2D eigenvalue weighted by Crippen LogP contribution is -2.44. The maximum absolute atomic E-state index is 14.5. The molecular weight excluding hydrogens is 549 g/mol. The Morgan fingerprint density at radius 1 is 1.20 bits per heavy atom. The van der Waals surface area contributed by atoms with Crippen molar-refractivity contribution in [1.82, 2.24) is 20.2 Å². The maximum Gasteiger partial charge on any atom is 0.246 e. The smallest absolute Gasteiger partial charge is 0.246 e. The average Bonchev–Trinajstić information content (AvgIpc) is 3.64. The van der Waals surface area contributed by atoms with Crippen LogP contribution in [0.25, 0.3) is 31.9 Å². The van der Waals surface area contributed by atoms with Gasteiger partial charge in [-0.3, -0.25) is 4.79 Å². The summed E-state index contributed by atoms with van der Waals surface area (Å²) in [5.74, 6) is 0.915. The van der Waals surface area contributed by atoms with Gasteiger partial charge in [0.05, 0.1) is 18.8 Å². The quantitative estimate of drug-likeness (QED) is 0.239. The van der Waals surface area contributed by atoms with Crippen LogP contribution >= 0.6 is 22.7 Å². The number of thiophene rings is 1. The number of carbonyl (C=O) groups is 1. The lowest BCUT2D eigenvalue weighted by molar-refractivity contribution is -0.126. The number of hydrogen-bond acceptors (Lipinski definition) is 9. The van der Waals surface area contributed by atoms with E-state index in [4.69, 9.17) is 19.4 Å². The fourth-order valence-electron chi connectivity index (χ4n) is 5.20. The number of nitrogens with zero attached hydrogens (tertiary/aromatic N) is 4. The summed E-state index contributed by atoms with van der Waals surface area (Å²) in [5.41, 5.74) is 3.37. The second-order valence-corrected chi connectivity index (χ2v) is 11.6. The van der Waals surface area contributed by atoms with Gasteiger partial charge in [-0.15, -0.1) is 22.7 Å². The Kier molecular flexibility index (Phi) is 7.79. The molecule has 0 atom stereocenters. The summed E-state index contributed by atoms with van der Waals surface area (Å²) < 4.78 is 26.7. The molecule has 5 heterocycles. The molecule has 4 aromatic rings. The molecule has 40 heavy (non-hydrogen) atoms. The van der Waals surface area contributed by atoms with E-state index in [1.54, 1.807) is 40.7 Å². The first-order valence-corrected chi connectivity index (χ1v) is 15.0. The molecular formula is C29H30FN5O3S2. The Hall–Kier alpha value is -3.38. The van der Waals surface area contributed by atoms with Crippen LogP contribution in [0.2, 0.25) is 0 Å². The summed E-state index contributed by atoms with van der Waals surface area (Å²) in [6.45, 7) is 8.90. The lowest BCUT2D eigenvalue weighted by atomic mass is 10.0. The van der Waals surface area contributed by atoms with Crippen LogP contribution in [0.1, 0.15) is 10.6 Å². The summed E-state index contributed by atoms with van der Waals surface area (Å²) in [4.78, 5) is 27.8. The number of amides is 1. The topological polar surface area (TPSA) is 79.8 Å². The zero-order valence-electron chi connectivity index (χ0n) is 22.2. The third-order valence-corrected chi connectivity index (χ3v) is 9.20. The lowest BCUT2D eigenvalue weighted by Gasteiger charge is -2.30. The molecule has 0 spiro atoms. The number of carbonyl (C=O) groups excluding carboxylic acids is 1. The van der Waals surface area contributed by atoms with Crippen LogP contribution in [0, 0.1) is 5.82 Å². The van der Waals surface area contributed by atoms with Crippen LogP contribution < -0.4 is 15.0 Å². The SMILES string of the molecule is C=CC(=O)N1CCc2nc(-c3nc(N4CCNCC4)c4ccsc4c3-c3ccc(F)cc3OCCOC)sc2C1. The normalized spacial score (nSPS) is 15.3. The van der Waals surface area contributed by atoms with Crippen molar-refractivity contribution >= 4 is 44.5 Å². The monoisotopic (exact) mass is 579 g/mol. The van der Waals surface area contributed by atoms with E-state index < -0.39 is 0 Å². The molecule has 208 valence electrons. The molecule has 6 rings (SSSR count). The molecule has 8 nitrogen and oxygen atoms in total. The Bertz CT molecular complexity index is 1560. The molecule has 0 saturated carbocycles. The van der Waals surface area contributed by atoms with Crippen molar-refractivity contribution in [1.29, 1.82) is 0 Å². The van der Waals surface area contributed by atoms with Crippen LogP contribution in [0.15, 0.2) is 42.3 Å². The van der Waals surface area contributed by atoms with Gasteiger partial charge in [-0.25, -0.2) is 14.4 Å². The van der Waals surface area contributed by atoms with Crippen molar-refractivity contribution < 1.29 is 18.7 Å². The summed E-state index contributed by atoms with van der Waals surface area (Å²) in [7, 11) is 1.61. The van der Waals surface area contributed by atoms with Gasteiger partial charge in [0.2, 0.25) is 5.91 Å². The molecule has 11 heteroatoms. The summed E-state index contributed by atoms with van der Waals surface area (Å²) in [6, 6.07) is 6.75. The van der Waals surface area contributed by atoms with Gasteiger partial charge in [0.15, 0.2) is 0 Å². The Morgan fingerprint density at radius 2 is 2.05 bits per heavy atom. The van der Waals surface area contributed by atoms with Gasteiger partial charge in [-0.1, -0.05) is 6.58 Å². The highest BCUT2D eigenvalue weighted by atomic mass is 32.1. The van der Waals surface area contributed by atoms with Crippen LogP contribution in [-0.2, 0) is 22.5 Å². The molecule has 1 N–H and O–H groups in total. The molecule has 1 fully saturated rings. The fourth-order valence-corrected chi connectivity index (χ4v) is 7.27. The largest absolute Gasteiger partial charge is 0.490 e. The van der Waals surface area contributed by atoms with E-state index in [1.165, 1.54) is 18.2 Å². The number of nitrogens with one attached hydrogen (secondary N) is 1. The van der Waals surface area contributed by atoms with Crippen molar-refractivity contribution in [3.63, 3.8) is 0 Å². The van der Waals surface area contributed by atoms with Crippen molar-refractivity contribution in [2.45, 2.75) is 13.0 Å². The summed E-state index contributed by atoms with van der Waals surface area (Å²) in [5, 5.41) is 7.34. The second kappa shape index (κ2) is 11.6. The van der Waals surface area contributed by atoms with Crippen molar-refractivity contribution in [3.05, 3.63) is 58.7 Å². The Morgan fingerprint density at radius 3 is 2.85 bits per heavy atom. The van der Waals surface area contributed by atoms with E-state index in [9.17, 15) is 9.18 Å². The number of piperazine rings is 1. The van der Waals surface area contributed by atoms with E-state index in [2.05, 4.69) is 28.2 Å². The van der Waals surface area contributed by atoms with Gasteiger partial charge in [-0.2, -0.15) is 0 Å². The number of halogens is 1. The number of fused-ring (bicyclic) bond motifs is 2. The van der Waals surface area contributed by atoms with Gasteiger partial charge in [0.1, 0.15) is 34.7 Å². The Balaban J connectivity index is 1.54. The number of pyridine rings is 1. The van der Waals surface area contributed by atoms with E-state index in [0.717, 1.165) is 74.5 Å². The van der Waals surface area contributed by atoms with E-state index in [0.29, 0.717) is 38.5 Å². The van der Waals surface area contributed by atoms with Gasteiger partial charge in [0, 0.05) is 78.4 Å². The zero-order valence-corrected chi connectivity index (χ0v) is 23.9. The number of anilines is 1. The highest BCUT2D eigenvalue weighted by Gasteiger charge is 2.28. The number of thiazole rings is 1. The molecule has 0 unspecified atom stereocenters. The second-order valence-electron chi connectivity index (χ2n) is 9.64. The maximum atomic E-state index is 14.5. The molecule has 0 aliphatic carbocycles. The molecule has 3 aromatic heterocycles. The summed E-state index contributed by atoms with van der Waals surface area (Å²) >= 11 is 3.20. The molecule has 2 aliphatic rings. The average molecular weight is 580 g/mol. The fraction of sp³-hybridized carbons (Fsp3) is 0.345. The number of benzene rings is 1. The first kappa shape index (κ1) is 26.8. The van der Waals surface area contributed by atoms with Gasteiger partial charge in [0.25, 0.3) is 0 Å². The van der Waals surface area contributed by atoms with Gasteiger partial charge >= 0.3 is 0 Å². The predicted octanol–water partition coefficient (Wildman–Crippen LogP) is 4.73. The number of methoxy groups -OCH3 is 1. The highest BCUT2D eigenvalue weighted by Crippen LogP contribution is 2.47. The minimum absolute atomic E-state index is 0.0791. The standard InChI is InChI=1S/C29H30FN5O3S2/c1-3-24(36)35-10-6-21-23(17-35)40-29(32-21)26-25(19-5-4-18(30)16-22(19)38-14-13-37-2)27-20(7-15-39-27)28(33-26)34-11-8-31-9-12-34/h3-5,7,15-16,31H,1,6,8-14,17H2,2H3. The van der Waals surface area contributed by atoms with Crippen LogP contribution in [0.3, 0.4) is 0 Å². The summed E-state index contributed by atoms with van der Waals surface area (Å²) in [6.07, 6.45) is 2.03. The minimum atomic E-state index is -0.373. The number of hydrogen-bond donors (Lipinski definition) is 1. The van der Waals surface area contributed by atoms with Crippen molar-refractivity contribution in [3.8, 4) is 27.6 Å². The number of rotatable bonds is 8. The Labute approximate surface area is 240 Å². The molecule has 2 aliphatic heterocycles. The van der Waals surface area contributed by atoms with Crippen LogP contribution in [0.4, 0.5) is 10.2 Å². The predicted molar refractivity (Wildman–Crippen MR) is 158 cm³/mol. The minimum Gasteiger partial charge on any atom is -0.490 e. The molecule has 1 amide bonds. The molecule has 0 bridgehead atoms.